The number of nitrogens with two attached hydrogens (primary N) is 1. The van der Waals surface area contributed by atoms with Gasteiger partial charge in [-0.3, -0.25) is 4.79 Å². The highest BCUT2D eigenvalue weighted by Gasteiger charge is 2.14. The van der Waals surface area contributed by atoms with Crippen molar-refractivity contribution in [3.8, 4) is 0 Å². The highest BCUT2D eigenvalue weighted by atomic mass is 32.1. The van der Waals surface area contributed by atoms with Gasteiger partial charge in [0, 0.05) is 17.3 Å². The minimum absolute atomic E-state index is 0.0584. The Morgan fingerprint density at radius 2 is 2.10 bits per heavy atom. The van der Waals surface area contributed by atoms with Gasteiger partial charge >= 0.3 is 0 Å². The van der Waals surface area contributed by atoms with E-state index in [1.807, 2.05) is 26.8 Å². The van der Waals surface area contributed by atoms with Gasteiger partial charge in [0.2, 0.25) is 0 Å². The van der Waals surface area contributed by atoms with Crippen molar-refractivity contribution in [1.82, 2.24) is 5.32 Å². The average molecular weight is 288 g/mol. The van der Waals surface area contributed by atoms with E-state index in [9.17, 15) is 4.79 Å². The minimum atomic E-state index is -0.0584. The molecule has 4 heteroatoms. The number of thiophene rings is 1. The Labute approximate surface area is 123 Å². The number of hydrogen-bond acceptors (Lipinski definition) is 3. The third-order valence-corrected chi connectivity index (χ3v) is 4.09. The number of benzene rings is 1. The van der Waals surface area contributed by atoms with E-state index in [1.54, 1.807) is 17.4 Å². The molecule has 1 unspecified atom stereocenters. The summed E-state index contributed by atoms with van der Waals surface area (Å²) in [6.45, 7) is 5.90. The topological polar surface area (TPSA) is 55.1 Å². The number of amides is 1. The summed E-state index contributed by atoms with van der Waals surface area (Å²) in [5, 5.41) is 7.19. The lowest BCUT2D eigenvalue weighted by Gasteiger charge is -2.15. The number of rotatable bonds is 4. The SMILES string of the molecule is Cc1cc(C)c(C(=O)NC(C)Cc2ccsc2)cc1N. The van der Waals surface area contributed by atoms with Crippen molar-refractivity contribution in [3.63, 3.8) is 0 Å². The largest absolute Gasteiger partial charge is 0.398 e. The summed E-state index contributed by atoms with van der Waals surface area (Å²) in [6.07, 6.45) is 0.843. The molecule has 0 saturated carbocycles. The van der Waals surface area contributed by atoms with E-state index < -0.39 is 0 Å². The quantitative estimate of drug-likeness (QED) is 0.848. The van der Waals surface area contributed by atoms with Crippen LogP contribution in [0.3, 0.4) is 0 Å². The van der Waals surface area contributed by atoms with E-state index in [0.717, 1.165) is 17.5 Å². The van der Waals surface area contributed by atoms with Gasteiger partial charge < -0.3 is 11.1 Å². The average Bonchev–Trinajstić information content (AvgIpc) is 2.86. The molecule has 0 spiro atoms. The molecule has 1 amide bonds. The molecule has 0 aliphatic rings. The van der Waals surface area contributed by atoms with Crippen molar-refractivity contribution < 1.29 is 4.79 Å². The summed E-state index contributed by atoms with van der Waals surface area (Å²) >= 11 is 1.67. The van der Waals surface area contributed by atoms with Crippen molar-refractivity contribution in [2.45, 2.75) is 33.2 Å². The molecular formula is C16H20N2OS. The van der Waals surface area contributed by atoms with Gasteiger partial charge in [-0.2, -0.15) is 11.3 Å². The van der Waals surface area contributed by atoms with Gasteiger partial charge in [-0.15, -0.1) is 0 Å². The molecule has 3 nitrogen and oxygen atoms in total. The van der Waals surface area contributed by atoms with Crippen LogP contribution in [-0.2, 0) is 6.42 Å². The van der Waals surface area contributed by atoms with E-state index in [1.165, 1.54) is 5.56 Å². The molecule has 20 heavy (non-hydrogen) atoms. The number of nitrogens with one attached hydrogen (secondary N) is 1. The van der Waals surface area contributed by atoms with Gasteiger partial charge in [0.05, 0.1) is 0 Å². The third-order valence-electron chi connectivity index (χ3n) is 3.36. The molecule has 0 aliphatic heterocycles. The predicted octanol–water partition coefficient (Wildman–Crippen LogP) is 3.31. The number of aryl methyl sites for hydroxylation is 2. The maximum atomic E-state index is 12.3. The fraction of sp³-hybridized carbons (Fsp3) is 0.312. The Bertz CT molecular complexity index is 605. The fourth-order valence-electron chi connectivity index (χ4n) is 2.23. The summed E-state index contributed by atoms with van der Waals surface area (Å²) in [5.74, 6) is -0.0584. The summed E-state index contributed by atoms with van der Waals surface area (Å²) in [7, 11) is 0. The maximum Gasteiger partial charge on any atom is 0.251 e. The van der Waals surface area contributed by atoms with E-state index >= 15 is 0 Å². The highest BCUT2D eigenvalue weighted by Crippen LogP contribution is 2.18. The van der Waals surface area contributed by atoms with Crippen LogP contribution in [0.25, 0.3) is 0 Å². The lowest BCUT2D eigenvalue weighted by molar-refractivity contribution is 0.0939. The van der Waals surface area contributed by atoms with E-state index in [0.29, 0.717) is 11.3 Å². The predicted molar refractivity (Wildman–Crippen MR) is 85.3 cm³/mol. The first-order valence-electron chi connectivity index (χ1n) is 6.66. The third kappa shape index (κ3) is 3.39. The number of anilines is 1. The van der Waals surface area contributed by atoms with Gasteiger partial charge in [0.15, 0.2) is 0 Å². The minimum Gasteiger partial charge on any atom is -0.398 e. The van der Waals surface area contributed by atoms with Crippen LogP contribution in [0, 0.1) is 13.8 Å². The first kappa shape index (κ1) is 14.6. The van der Waals surface area contributed by atoms with Crippen molar-refractivity contribution in [2.75, 3.05) is 5.73 Å². The Balaban J connectivity index is 2.06. The number of nitrogen functional groups attached to an aromatic ring is 1. The molecule has 106 valence electrons. The van der Waals surface area contributed by atoms with Crippen LogP contribution in [0.15, 0.2) is 29.0 Å². The van der Waals surface area contributed by atoms with Gasteiger partial charge in [-0.1, -0.05) is 6.07 Å². The van der Waals surface area contributed by atoms with Crippen LogP contribution >= 0.6 is 11.3 Å². The second kappa shape index (κ2) is 6.09. The Morgan fingerprint density at radius 1 is 1.35 bits per heavy atom. The lowest BCUT2D eigenvalue weighted by Crippen LogP contribution is -2.34. The first-order chi connectivity index (χ1) is 9.47. The number of carbonyl (C=O) groups is 1. The van der Waals surface area contributed by atoms with Crippen molar-refractivity contribution in [1.29, 1.82) is 0 Å². The molecule has 3 N–H and O–H groups in total. The van der Waals surface area contributed by atoms with Crippen molar-refractivity contribution in [3.05, 3.63) is 51.2 Å². The zero-order valence-corrected chi connectivity index (χ0v) is 12.9. The van der Waals surface area contributed by atoms with Crippen LogP contribution in [0.2, 0.25) is 0 Å². The van der Waals surface area contributed by atoms with Crippen LogP contribution < -0.4 is 11.1 Å². The zero-order valence-electron chi connectivity index (χ0n) is 12.1. The van der Waals surface area contributed by atoms with E-state index in [-0.39, 0.29) is 11.9 Å². The second-order valence-corrected chi connectivity index (χ2v) is 6.01. The van der Waals surface area contributed by atoms with Gasteiger partial charge in [0.1, 0.15) is 0 Å². The van der Waals surface area contributed by atoms with E-state index in [2.05, 4.69) is 22.1 Å². The maximum absolute atomic E-state index is 12.3. The van der Waals surface area contributed by atoms with Crippen molar-refractivity contribution in [2.24, 2.45) is 0 Å². The molecule has 0 fully saturated rings. The monoisotopic (exact) mass is 288 g/mol. The molecule has 2 rings (SSSR count). The molecule has 1 aromatic carbocycles. The van der Waals surface area contributed by atoms with Crippen molar-refractivity contribution >= 4 is 22.9 Å². The van der Waals surface area contributed by atoms with Gasteiger partial charge in [-0.25, -0.2) is 0 Å². The zero-order chi connectivity index (χ0) is 14.7. The summed E-state index contributed by atoms with van der Waals surface area (Å²) in [5.41, 5.74) is 10.4. The standard InChI is InChI=1S/C16H20N2OS/c1-10-6-11(2)15(17)8-14(10)16(19)18-12(3)7-13-4-5-20-9-13/h4-6,8-9,12H,7,17H2,1-3H3,(H,18,19). The fourth-order valence-corrected chi connectivity index (χ4v) is 2.91. The van der Waals surface area contributed by atoms with Crippen LogP contribution in [0.4, 0.5) is 5.69 Å². The molecule has 1 aromatic heterocycles. The lowest BCUT2D eigenvalue weighted by atomic mass is 10.0. The Morgan fingerprint density at radius 3 is 2.75 bits per heavy atom. The molecule has 0 radical (unpaired) electrons. The number of carbonyl (C=O) groups excluding carboxylic acids is 1. The highest BCUT2D eigenvalue weighted by molar-refractivity contribution is 7.07. The summed E-state index contributed by atoms with van der Waals surface area (Å²) < 4.78 is 0. The van der Waals surface area contributed by atoms with Gasteiger partial charge in [-0.05, 0) is 66.8 Å². The Kier molecular flexibility index (Phi) is 4.45. The summed E-state index contributed by atoms with van der Waals surface area (Å²) in [6, 6.07) is 5.90. The smallest absolute Gasteiger partial charge is 0.251 e. The van der Waals surface area contributed by atoms with Crippen LogP contribution in [0.1, 0.15) is 34.0 Å². The normalized spacial score (nSPS) is 12.2. The summed E-state index contributed by atoms with van der Waals surface area (Å²) in [4.78, 5) is 12.3. The molecule has 1 atom stereocenters. The Hall–Kier alpha value is -1.81. The molecule has 0 aliphatic carbocycles. The molecule has 0 saturated heterocycles. The van der Waals surface area contributed by atoms with Crippen LogP contribution in [0.5, 0.6) is 0 Å². The number of hydrogen-bond donors (Lipinski definition) is 2. The molecular weight excluding hydrogens is 268 g/mol. The van der Waals surface area contributed by atoms with E-state index in [4.69, 9.17) is 5.73 Å². The molecule has 0 bridgehead atoms. The molecule has 1 heterocycles. The molecule has 2 aromatic rings. The first-order valence-corrected chi connectivity index (χ1v) is 7.60. The van der Waals surface area contributed by atoms with Gasteiger partial charge in [0.25, 0.3) is 5.91 Å². The second-order valence-electron chi connectivity index (χ2n) is 5.23. The van der Waals surface area contributed by atoms with Crippen LogP contribution in [-0.4, -0.2) is 11.9 Å².